The highest BCUT2D eigenvalue weighted by molar-refractivity contribution is 5.85. The molecule has 0 saturated carbocycles. The molecule has 0 aromatic heterocycles. The predicted octanol–water partition coefficient (Wildman–Crippen LogP) is 3.44. The molecule has 0 aliphatic rings. The van der Waals surface area contributed by atoms with Crippen molar-refractivity contribution < 1.29 is 13.6 Å². The zero-order chi connectivity index (χ0) is 11.4. The average molecular weight is 212 g/mol. The maximum Gasteiger partial charge on any atom is 0.162 e. The van der Waals surface area contributed by atoms with Crippen molar-refractivity contribution >= 4 is 5.78 Å². The van der Waals surface area contributed by atoms with Gasteiger partial charge in [-0.15, -0.1) is 0 Å². The number of carbonyl (C=O) groups excluding carboxylic acids is 1. The fourth-order valence-corrected chi connectivity index (χ4v) is 1.49. The standard InChI is InChI=1S/C12H14F2O/c1-3-5-11(15)8(2)9-6-4-7-10(13)12(9)14/h4,6-8H,3,5H2,1-2H3. The van der Waals surface area contributed by atoms with Gasteiger partial charge in [-0.3, -0.25) is 4.79 Å². The molecule has 1 nitrogen and oxygen atoms in total. The summed E-state index contributed by atoms with van der Waals surface area (Å²) < 4.78 is 26.2. The van der Waals surface area contributed by atoms with Crippen LogP contribution in [0.3, 0.4) is 0 Å². The molecule has 0 saturated heterocycles. The van der Waals surface area contributed by atoms with Gasteiger partial charge in [-0.25, -0.2) is 8.78 Å². The fraction of sp³-hybridized carbons (Fsp3) is 0.417. The number of carbonyl (C=O) groups is 1. The molecule has 15 heavy (non-hydrogen) atoms. The Morgan fingerprint density at radius 3 is 2.67 bits per heavy atom. The summed E-state index contributed by atoms with van der Waals surface area (Å²) in [6, 6.07) is 3.93. The van der Waals surface area contributed by atoms with Gasteiger partial charge in [-0.2, -0.15) is 0 Å². The Bertz CT molecular complexity index is 361. The van der Waals surface area contributed by atoms with Crippen LogP contribution in [0, 0.1) is 11.6 Å². The van der Waals surface area contributed by atoms with E-state index in [9.17, 15) is 13.6 Å². The highest BCUT2D eigenvalue weighted by atomic mass is 19.2. The van der Waals surface area contributed by atoms with Crippen LogP contribution in [0.1, 0.15) is 38.2 Å². The lowest BCUT2D eigenvalue weighted by atomic mass is 9.94. The SMILES string of the molecule is CCCC(=O)C(C)c1cccc(F)c1F. The number of benzene rings is 1. The topological polar surface area (TPSA) is 17.1 Å². The molecular formula is C12H14F2O. The second-order valence-electron chi connectivity index (χ2n) is 3.58. The third-order valence-corrected chi connectivity index (χ3v) is 2.43. The Hall–Kier alpha value is -1.25. The maximum absolute atomic E-state index is 13.3. The predicted molar refractivity (Wildman–Crippen MR) is 54.7 cm³/mol. The van der Waals surface area contributed by atoms with Crippen molar-refractivity contribution in [1.82, 2.24) is 0 Å². The Morgan fingerprint density at radius 1 is 1.40 bits per heavy atom. The molecule has 1 atom stereocenters. The van der Waals surface area contributed by atoms with E-state index in [2.05, 4.69) is 0 Å². The Balaban J connectivity index is 2.96. The lowest BCUT2D eigenvalue weighted by Crippen LogP contribution is -2.11. The third-order valence-electron chi connectivity index (χ3n) is 2.43. The van der Waals surface area contributed by atoms with Crippen LogP contribution >= 0.6 is 0 Å². The van der Waals surface area contributed by atoms with Crippen molar-refractivity contribution in [3.8, 4) is 0 Å². The first kappa shape index (κ1) is 11.8. The second kappa shape index (κ2) is 5.01. The van der Waals surface area contributed by atoms with E-state index in [0.29, 0.717) is 6.42 Å². The quantitative estimate of drug-likeness (QED) is 0.747. The van der Waals surface area contributed by atoms with Crippen LogP contribution < -0.4 is 0 Å². The summed E-state index contributed by atoms with van der Waals surface area (Å²) in [5.41, 5.74) is 0.147. The van der Waals surface area contributed by atoms with Gasteiger partial charge in [0.1, 0.15) is 5.78 Å². The van der Waals surface area contributed by atoms with Gasteiger partial charge in [0.2, 0.25) is 0 Å². The van der Waals surface area contributed by atoms with Gasteiger partial charge in [0.25, 0.3) is 0 Å². The maximum atomic E-state index is 13.3. The summed E-state index contributed by atoms with van der Waals surface area (Å²) in [4.78, 5) is 11.5. The summed E-state index contributed by atoms with van der Waals surface area (Å²) in [7, 11) is 0. The molecule has 1 aromatic rings. The van der Waals surface area contributed by atoms with E-state index < -0.39 is 17.6 Å². The van der Waals surface area contributed by atoms with Crippen LogP contribution in [-0.2, 0) is 4.79 Å². The van der Waals surface area contributed by atoms with Crippen LogP contribution in [0.25, 0.3) is 0 Å². The Labute approximate surface area is 88.1 Å². The average Bonchev–Trinajstić information content (AvgIpc) is 2.21. The van der Waals surface area contributed by atoms with Gasteiger partial charge in [-0.1, -0.05) is 26.0 Å². The second-order valence-corrected chi connectivity index (χ2v) is 3.58. The molecule has 82 valence electrons. The summed E-state index contributed by atoms with van der Waals surface area (Å²) in [5.74, 6) is -2.43. The minimum absolute atomic E-state index is 0.0537. The van der Waals surface area contributed by atoms with Crippen molar-refractivity contribution in [2.75, 3.05) is 0 Å². The first-order valence-corrected chi connectivity index (χ1v) is 5.04. The van der Waals surface area contributed by atoms with E-state index in [1.54, 1.807) is 6.92 Å². The number of halogens is 2. The van der Waals surface area contributed by atoms with Crippen molar-refractivity contribution in [3.05, 3.63) is 35.4 Å². The van der Waals surface area contributed by atoms with Crippen molar-refractivity contribution in [3.63, 3.8) is 0 Å². The number of rotatable bonds is 4. The van der Waals surface area contributed by atoms with Gasteiger partial charge in [0.15, 0.2) is 11.6 Å². The highest BCUT2D eigenvalue weighted by Gasteiger charge is 2.19. The minimum atomic E-state index is -0.908. The molecule has 0 heterocycles. The van der Waals surface area contributed by atoms with Gasteiger partial charge in [0.05, 0.1) is 0 Å². The number of ketones is 1. The first-order valence-electron chi connectivity index (χ1n) is 5.04. The molecule has 0 radical (unpaired) electrons. The van der Waals surface area contributed by atoms with Crippen molar-refractivity contribution in [1.29, 1.82) is 0 Å². The van der Waals surface area contributed by atoms with E-state index in [-0.39, 0.29) is 11.3 Å². The summed E-state index contributed by atoms with van der Waals surface area (Å²) in [6.07, 6.45) is 1.12. The number of Topliss-reactive ketones (excluding diaryl/α,β-unsaturated/α-hetero) is 1. The monoisotopic (exact) mass is 212 g/mol. The van der Waals surface area contributed by atoms with E-state index in [1.165, 1.54) is 12.1 Å². The minimum Gasteiger partial charge on any atom is -0.299 e. The van der Waals surface area contributed by atoms with Crippen LogP contribution in [0.5, 0.6) is 0 Å². The molecule has 1 rings (SSSR count). The lowest BCUT2D eigenvalue weighted by molar-refractivity contribution is -0.120. The lowest BCUT2D eigenvalue weighted by Gasteiger charge is -2.11. The van der Waals surface area contributed by atoms with Gasteiger partial charge < -0.3 is 0 Å². The normalized spacial score (nSPS) is 12.5. The molecule has 0 bridgehead atoms. The van der Waals surface area contributed by atoms with E-state index in [4.69, 9.17) is 0 Å². The molecule has 0 aliphatic heterocycles. The molecule has 0 spiro atoms. The molecule has 0 amide bonds. The van der Waals surface area contributed by atoms with Crippen LogP contribution in [-0.4, -0.2) is 5.78 Å². The third kappa shape index (κ3) is 2.61. The van der Waals surface area contributed by atoms with Crippen LogP contribution in [0.15, 0.2) is 18.2 Å². The molecule has 3 heteroatoms. The molecule has 0 aliphatic carbocycles. The zero-order valence-corrected chi connectivity index (χ0v) is 8.89. The fourth-order valence-electron chi connectivity index (χ4n) is 1.49. The molecule has 1 unspecified atom stereocenters. The van der Waals surface area contributed by atoms with Gasteiger partial charge >= 0.3 is 0 Å². The zero-order valence-electron chi connectivity index (χ0n) is 8.89. The van der Waals surface area contributed by atoms with Crippen LogP contribution in [0.4, 0.5) is 8.78 Å². The summed E-state index contributed by atoms with van der Waals surface area (Å²) in [5, 5.41) is 0. The molecule has 0 N–H and O–H groups in total. The largest absolute Gasteiger partial charge is 0.299 e. The molecule has 0 fully saturated rings. The van der Waals surface area contributed by atoms with Crippen LogP contribution in [0.2, 0.25) is 0 Å². The van der Waals surface area contributed by atoms with E-state index in [1.807, 2.05) is 6.92 Å². The van der Waals surface area contributed by atoms with Crippen molar-refractivity contribution in [2.45, 2.75) is 32.6 Å². The van der Waals surface area contributed by atoms with Crippen molar-refractivity contribution in [2.24, 2.45) is 0 Å². The molecule has 1 aromatic carbocycles. The van der Waals surface area contributed by atoms with Gasteiger partial charge in [0, 0.05) is 17.9 Å². The highest BCUT2D eigenvalue weighted by Crippen LogP contribution is 2.22. The number of hydrogen-bond acceptors (Lipinski definition) is 1. The first-order chi connectivity index (χ1) is 7.07. The number of hydrogen-bond donors (Lipinski definition) is 0. The van der Waals surface area contributed by atoms with Gasteiger partial charge in [-0.05, 0) is 12.5 Å². The smallest absolute Gasteiger partial charge is 0.162 e. The molecular weight excluding hydrogens is 198 g/mol. The Kier molecular flexibility index (Phi) is 3.95. The van der Waals surface area contributed by atoms with E-state index in [0.717, 1.165) is 12.5 Å². The Morgan fingerprint density at radius 2 is 2.07 bits per heavy atom. The summed E-state index contributed by atoms with van der Waals surface area (Å²) in [6.45, 7) is 3.49. The van der Waals surface area contributed by atoms with E-state index >= 15 is 0 Å². The summed E-state index contributed by atoms with van der Waals surface area (Å²) >= 11 is 0.